The quantitative estimate of drug-likeness (QED) is 0.843. The Balaban J connectivity index is 2.11. The average Bonchev–Trinajstić information content (AvgIpc) is 2.46. The van der Waals surface area contributed by atoms with Crippen molar-refractivity contribution in [1.29, 1.82) is 0 Å². The van der Waals surface area contributed by atoms with Crippen LogP contribution in [0, 0.1) is 12.8 Å². The van der Waals surface area contributed by atoms with Crippen LogP contribution in [-0.2, 0) is 9.53 Å². The van der Waals surface area contributed by atoms with E-state index in [2.05, 4.69) is 9.88 Å². The van der Waals surface area contributed by atoms with Crippen LogP contribution in [0.15, 0.2) is 18.3 Å². The number of nitrogens with zero attached hydrogens (tertiary/aromatic N) is 2. The van der Waals surface area contributed by atoms with E-state index in [1.807, 2.05) is 13.0 Å². The summed E-state index contributed by atoms with van der Waals surface area (Å²) in [5.41, 5.74) is 1.88. The van der Waals surface area contributed by atoms with Crippen molar-refractivity contribution in [2.24, 2.45) is 5.92 Å². The molecular weight excluding hydrogens is 268 g/mol. The van der Waals surface area contributed by atoms with E-state index >= 15 is 0 Å². The van der Waals surface area contributed by atoms with Crippen molar-refractivity contribution in [1.82, 2.24) is 4.98 Å². The third kappa shape index (κ3) is 4.29. The fourth-order valence-electron chi connectivity index (χ4n) is 2.81. The third-order valence-corrected chi connectivity index (χ3v) is 3.71. The minimum Gasteiger partial charge on any atom is -0.478 e. The standard InChI is InChI=1S/C16H22N2O3/c1-12-8-13(5-6-15(19)20)9-17-16(12)18-7-3-4-14(10-18)11-21-2/h5-6,8-9,14H,3-4,7,10-11H2,1-2H3,(H,19,20)/b6-5+. The smallest absolute Gasteiger partial charge is 0.328 e. The number of pyridine rings is 1. The Morgan fingerprint density at radius 3 is 3.10 bits per heavy atom. The molecule has 0 spiro atoms. The Labute approximate surface area is 125 Å². The Hall–Kier alpha value is -1.88. The molecule has 2 heterocycles. The second-order valence-corrected chi connectivity index (χ2v) is 5.49. The van der Waals surface area contributed by atoms with Crippen molar-refractivity contribution in [2.45, 2.75) is 19.8 Å². The van der Waals surface area contributed by atoms with Gasteiger partial charge < -0.3 is 14.7 Å². The second kappa shape index (κ2) is 7.22. The van der Waals surface area contributed by atoms with Crippen LogP contribution in [0.25, 0.3) is 6.08 Å². The number of ether oxygens (including phenoxy) is 1. The minimum atomic E-state index is -0.949. The van der Waals surface area contributed by atoms with Crippen molar-refractivity contribution < 1.29 is 14.6 Å². The largest absolute Gasteiger partial charge is 0.478 e. The molecule has 1 N–H and O–H groups in total. The van der Waals surface area contributed by atoms with E-state index in [4.69, 9.17) is 9.84 Å². The third-order valence-electron chi connectivity index (χ3n) is 3.71. The Morgan fingerprint density at radius 2 is 2.43 bits per heavy atom. The molecule has 0 amide bonds. The van der Waals surface area contributed by atoms with E-state index in [-0.39, 0.29) is 0 Å². The fraction of sp³-hybridized carbons (Fsp3) is 0.500. The number of anilines is 1. The highest BCUT2D eigenvalue weighted by atomic mass is 16.5. The maximum atomic E-state index is 10.5. The summed E-state index contributed by atoms with van der Waals surface area (Å²) >= 11 is 0. The second-order valence-electron chi connectivity index (χ2n) is 5.49. The number of carbonyl (C=O) groups is 1. The van der Waals surface area contributed by atoms with Gasteiger partial charge >= 0.3 is 5.97 Å². The van der Waals surface area contributed by atoms with E-state index in [0.717, 1.165) is 49.1 Å². The molecule has 1 saturated heterocycles. The lowest BCUT2D eigenvalue weighted by Gasteiger charge is -2.34. The molecule has 0 aliphatic carbocycles. The number of aryl methyl sites for hydroxylation is 1. The zero-order valence-electron chi connectivity index (χ0n) is 12.6. The molecule has 21 heavy (non-hydrogen) atoms. The lowest BCUT2D eigenvalue weighted by Crippen LogP contribution is -2.38. The topological polar surface area (TPSA) is 62.7 Å². The predicted molar refractivity (Wildman–Crippen MR) is 82.5 cm³/mol. The van der Waals surface area contributed by atoms with Crippen LogP contribution >= 0.6 is 0 Å². The monoisotopic (exact) mass is 290 g/mol. The van der Waals surface area contributed by atoms with Crippen molar-refractivity contribution in [3.05, 3.63) is 29.5 Å². The van der Waals surface area contributed by atoms with Gasteiger partial charge in [0.2, 0.25) is 0 Å². The van der Waals surface area contributed by atoms with E-state index < -0.39 is 5.97 Å². The van der Waals surface area contributed by atoms with Gasteiger partial charge in [0.1, 0.15) is 5.82 Å². The van der Waals surface area contributed by atoms with Gasteiger partial charge in [-0.1, -0.05) is 0 Å². The van der Waals surface area contributed by atoms with Gasteiger partial charge in [-0.2, -0.15) is 0 Å². The highest BCUT2D eigenvalue weighted by Gasteiger charge is 2.21. The first-order valence-corrected chi connectivity index (χ1v) is 7.21. The summed E-state index contributed by atoms with van der Waals surface area (Å²) in [7, 11) is 1.74. The molecule has 2 rings (SSSR count). The highest BCUT2D eigenvalue weighted by Crippen LogP contribution is 2.25. The Kier molecular flexibility index (Phi) is 5.33. The molecule has 0 saturated carbocycles. The Bertz CT molecular complexity index is 526. The van der Waals surface area contributed by atoms with Gasteiger partial charge in [0.15, 0.2) is 0 Å². The van der Waals surface area contributed by atoms with Crippen LogP contribution in [-0.4, -0.2) is 42.9 Å². The van der Waals surface area contributed by atoms with Gasteiger partial charge in [-0.15, -0.1) is 0 Å². The van der Waals surface area contributed by atoms with Crippen molar-refractivity contribution >= 4 is 17.9 Å². The average molecular weight is 290 g/mol. The van der Waals surface area contributed by atoms with Gasteiger partial charge in [-0.05, 0) is 49.0 Å². The molecule has 5 nitrogen and oxygen atoms in total. The predicted octanol–water partition coefficient (Wildman–Crippen LogP) is 2.35. The highest BCUT2D eigenvalue weighted by molar-refractivity contribution is 5.85. The normalized spacial score (nSPS) is 19.1. The first kappa shape index (κ1) is 15.5. The van der Waals surface area contributed by atoms with Crippen LogP contribution < -0.4 is 4.90 Å². The number of carboxylic acids is 1. The molecule has 114 valence electrons. The van der Waals surface area contributed by atoms with Gasteiger partial charge in [0.05, 0.1) is 6.61 Å². The summed E-state index contributed by atoms with van der Waals surface area (Å²) in [5.74, 6) is 0.593. The number of hydrogen-bond acceptors (Lipinski definition) is 4. The first-order chi connectivity index (χ1) is 10.1. The van der Waals surface area contributed by atoms with Crippen molar-refractivity contribution in [2.75, 3.05) is 31.7 Å². The van der Waals surface area contributed by atoms with Gasteiger partial charge in [0, 0.05) is 32.5 Å². The zero-order chi connectivity index (χ0) is 15.2. The molecule has 1 aliphatic rings. The number of rotatable bonds is 5. The molecule has 1 aromatic heterocycles. The Morgan fingerprint density at radius 1 is 1.62 bits per heavy atom. The van der Waals surface area contributed by atoms with Crippen LogP contribution in [0.5, 0.6) is 0 Å². The molecule has 1 unspecified atom stereocenters. The molecule has 5 heteroatoms. The van der Waals surface area contributed by atoms with Crippen molar-refractivity contribution in [3.8, 4) is 0 Å². The number of piperidine rings is 1. The maximum absolute atomic E-state index is 10.5. The minimum absolute atomic E-state index is 0.552. The first-order valence-electron chi connectivity index (χ1n) is 7.21. The van der Waals surface area contributed by atoms with Gasteiger partial charge in [-0.25, -0.2) is 9.78 Å². The summed E-state index contributed by atoms with van der Waals surface area (Å²) < 4.78 is 5.26. The SMILES string of the molecule is COCC1CCCN(c2ncc(/C=C/C(=O)O)cc2C)C1. The van der Waals surface area contributed by atoms with E-state index in [0.29, 0.717) is 5.92 Å². The van der Waals surface area contributed by atoms with Gasteiger partial charge in [0.25, 0.3) is 0 Å². The van der Waals surface area contributed by atoms with Gasteiger partial charge in [-0.3, -0.25) is 0 Å². The number of aliphatic carboxylic acids is 1. The summed E-state index contributed by atoms with van der Waals surface area (Å²) in [6.07, 6.45) is 6.77. The number of carboxylic acid groups (broad SMARTS) is 1. The number of hydrogen-bond donors (Lipinski definition) is 1. The number of aromatic nitrogens is 1. The molecule has 1 aromatic rings. The van der Waals surface area contributed by atoms with Crippen molar-refractivity contribution in [3.63, 3.8) is 0 Å². The maximum Gasteiger partial charge on any atom is 0.328 e. The van der Waals surface area contributed by atoms with E-state index in [1.165, 1.54) is 6.42 Å². The van der Waals surface area contributed by atoms with E-state index in [1.54, 1.807) is 19.4 Å². The molecule has 1 aliphatic heterocycles. The summed E-state index contributed by atoms with van der Waals surface area (Å²) in [6.45, 7) is 4.78. The fourth-order valence-corrected chi connectivity index (χ4v) is 2.81. The molecule has 0 bridgehead atoms. The zero-order valence-corrected chi connectivity index (χ0v) is 12.6. The summed E-state index contributed by atoms with van der Waals surface area (Å²) in [6, 6.07) is 1.97. The molecule has 1 atom stereocenters. The van der Waals surface area contributed by atoms with Crippen LogP contribution in [0.4, 0.5) is 5.82 Å². The summed E-state index contributed by atoms with van der Waals surface area (Å²) in [4.78, 5) is 17.4. The molecule has 0 radical (unpaired) electrons. The molecular formula is C16H22N2O3. The summed E-state index contributed by atoms with van der Waals surface area (Å²) in [5, 5.41) is 8.65. The number of methoxy groups -OCH3 is 1. The van der Waals surface area contributed by atoms with E-state index in [9.17, 15) is 4.79 Å². The molecule has 1 fully saturated rings. The lowest BCUT2D eigenvalue weighted by atomic mass is 9.98. The van der Waals surface area contributed by atoms with Crippen LogP contribution in [0.1, 0.15) is 24.0 Å². The van der Waals surface area contributed by atoms with Crippen LogP contribution in [0.3, 0.4) is 0 Å². The lowest BCUT2D eigenvalue weighted by molar-refractivity contribution is -0.131. The van der Waals surface area contributed by atoms with Crippen LogP contribution in [0.2, 0.25) is 0 Å². The molecule has 0 aromatic carbocycles.